The largest absolute Gasteiger partial charge is 0.393 e. The van der Waals surface area contributed by atoms with Crippen molar-refractivity contribution in [2.75, 3.05) is 13.2 Å². The van der Waals surface area contributed by atoms with Crippen LogP contribution < -0.4 is 0 Å². The summed E-state index contributed by atoms with van der Waals surface area (Å²) in [7, 11) is 0. The number of hydrogen-bond donors (Lipinski definition) is 1. The summed E-state index contributed by atoms with van der Waals surface area (Å²) in [6, 6.07) is 0. The van der Waals surface area contributed by atoms with Crippen molar-refractivity contribution in [3.63, 3.8) is 0 Å². The average molecular weight is 188 g/mol. The monoisotopic (exact) mass is 188 g/mol. The predicted octanol–water partition coefficient (Wildman–Crippen LogP) is 2.74. The number of ether oxygens (including phenoxy) is 1. The van der Waals surface area contributed by atoms with Crippen molar-refractivity contribution in [2.24, 2.45) is 0 Å². The fourth-order valence-corrected chi connectivity index (χ4v) is 1.16. The lowest BCUT2D eigenvalue weighted by molar-refractivity contribution is 0.0784. The second-order valence-corrected chi connectivity index (χ2v) is 3.52. The van der Waals surface area contributed by atoms with E-state index in [1.54, 1.807) is 0 Å². The van der Waals surface area contributed by atoms with Crippen LogP contribution in [0.15, 0.2) is 0 Å². The number of unbranched alkanes of at least 4 members (excludes halogenated alkanes) is 3. The van der Waals surface area contributed by atoms with Gasteiger partial charge < -0.3 is 9.84 Å². The summed E-state index contributed by atoms with van der Waals surface area (Å²) in [6.45, 7) is 5.77. The van der Waals surface area contributed by atoms with Gasteiger partial charge in [0.05, 0.1) is 6.10 Å². The van der Waals surface area contributed by atoms with Crippen molar-refractivity contribution in [3.05, 3.63) is 0 Å². The molecule has 80 valence electrons. The van der Waals surface area contributed by atoms with E-state index >= 15 is 0 Å². The number of aliphatic hydroxyl groups is 1. The molecule has 0 amide bonds. The van der Waals surface area contributed by atoms with Gasteiger partial charge in [-0.2, -0.15) is 0 Å². The SMILES string of the molecule is CCCCCCOCCC(O)CC. The number of aliphatic hydroxyl groups excluding tert-OH is 1. The van der Waals surface area contributed by atoms with Gasteiger partial charge in [-0.15, -0.1) is 0 Å². The Morgan fingerprint density at radius 1 is 1.08 bits per heavy atom. The van der Waals surface area contributed by atoms with Crippen molar-refractivity contribution in [2.45, 2.75) is 58.5 Å². The Bertz CT molecular complexity index is 94.1. The van der Waals surface area contributed by atoms with Gasteiger partial charge in [0.1, 0.15) is 0 Å². The Morgan fingerprint density at radius 2 is 1.85 bits per heavy atom. The van der Waals surface area contributed by atoms with Crippen molar-refractivity contribution in [3.8, 4) is 0 Å². The van der Waals surface area contributed by atoms with E-state index in [1.165, 1.54) is 19.3 Å². The Kier molecular flexibility index (Phi) is 9.94. The second kappa shape index (κ2) is 10.0. The normalized spacial score (nSPS) is 13.2. The van der Waals surface area contributed by atoms with E-state index in [4.69, 9.17) is 4.74 Å². The highest BCUT2D eigenvalue weighted by Gasteiger charge is 1.99. The van der Waals surface area contributed by atoms with Crippen LogP contribution in [-0.2, 0) is 4.74 Å². The summed E-state index contributed by atoms with van der Waals surface area (Å²) in [5.74, 6) is 0. The van der Waals surface area contributed by atoms with Gasteiger partial charge in [-0.05, 0) is 19.3 Å². The Labute approximate surface area is 82.3 Å². The highest BCUT2D eigenvalue weighted by molar-refractivity contribution is 4.50. The maximum absolute atomic E-state index is 9.22. The molecule has 2 heteroatoms. The van der Waals surface area contributed by atoms with Gasteiger partial charge in [-0.3, -0.25) is 0 Å². The van der Waals surface area contributed by atoms with Gasteiger partial charge in [0.15, 0.2) is 0 Å². The first kappa shape index (κ1) is 12.9. The quantitative estimate of drug-likeness (QED) is 0.564. The summed E-state index contributed by atoms with van der Waals surface area (Å²) in [6.07, 6.45) is 6.46. The molecule has 2 nitrogen and oxygen atoms in total. The van der Waals surface area contributed by atoms with Crippen molar-refractivity contribution >= 4 is 0 Å². The molecule has 0 radical (unpaired) electrons. The Hall–Kier alpha value is -0.0800. The minimum absolute atomic E-state index is 0.171. The van der Waals surface area contributed by atoms with Crippen molar-refractivity contribution in [1.82, 2.24) is 0 Å². The average Bonchev–Trinajstić information content (AvgIpc) is 2.16. The van der Waals surface area contributed by atoms with Crippen LogP contribution in [0.2, 0.25) is 0 Å². The van der Waals surface area contributed by atoms with Crippen LogP contribution >= 0.6 is 0 Å². The zero-order chi connectivity index (χ0) is 9.94. The number of rotatable bonds is 9. The molecule has 0 rings (SSSR count). The van der Waals surface area contributed by atoms with Gasteiger partial charge in [-0.25, -0.2) is 0 Å². The summed E-state index contributed by atoms with van der Waals surface area (Å²) in [5.41, 5.74) is 0. The molecule has 0 bridgehead atoms. The fraction of sp³-hybridized carbons (Fsp3) is 1.00. The van der Waals surface area contributed by atoms with Crippen LogP contribution in [0.25, 0.3) is 0 Å². The van der Waals surface area contributed by atoms with Crippen LogP contribution in [0.1, 0.15) is 52.4 Å². The molecule has 0 aliphatic carbocycles. The molecule has 0 aliphatic rings. The van der Waals surface area contributed by atoms with Gasteiger partial charge in [0, 0.05) is 13.2 Å². The van der Waals surface area contributed by atoms with Crippen LogP contribution in [0.5, 0.6) is 0 Å². The minimum atomic E-state index is -0.171. The molecule has 13 heavy (non-hydrogen) atoms. The summed E-state index contributed by atoms with van der Waals surface area (Å²) < 4.78 is 5.39. The topological polar surface area (TPSA) is 29.5 Å². The zero-order valence-electron chi connectivity index (χ0n) is 9.09. The van der Waals surface area contributed by atoms with Crippen molar-refractivity contribution < 1.29 is 9.84 Å². The predicted molar refractivity (Wildman–Crippen MR) is 55.9 cm³/mol. The van der Waals surface area contributed by atoms with Gasteiger partial charge >= 0.3 is 0 Å². The highest BCUT2D eigenvalue weighted by Crippen LogP contribution is 2.00. The Morgan fingerprint density at radius 3 is 2.46 bits per heavy atom. The third kappa shape index (κ3) is 9.84. The molecular formula is C11H24O2. The minimum Gasteiger partial charge on any atom is -0.393 e. The molecular weight excluding hydrogens is 164 g/mol. The van der Waals surface area contributed by atoms with Crippen LogP contribution in [0.3, 0.4) is 0 Å². The molecule has 0 saturated heterocycles. The first-order chi connectivity index (χ1) is 6.31. The maximum Gasteiger partial charge on any atom is 0.0559 e. The van der Waals surface area contributed by atoms with Gasteiger partial charge in [0.2, 0.25) is 0 Å². The molecule has 1 N–H and O–H groups in total. The smallest absolute Gasteiger partial charge is 0.0559 e. The van der Waals surface area contributed by atoms with E-state index in [1.807, 2.05) is 6.92 Å². The summed E-state index contributed by atoms with van der Waals surface area (Å²) >= 11 is 0. The Balaban J connectivity index is 2.91. The standard InChI is InChI=1S/C11H24O2/c1-3-5-6-7-9-13-10-8-11(12)4-2/h11-12H,3-10H2,1-2H3. The fourth-order valence-electron chi connectivity index (χ4n) is 1.16. The van der Waals surface area contributed by atoms with E-state index in [0.29, 0.717) is 6.61 Å². The van der Waals surface area contributed by atoms with Crippen LogP contribution in [0, 0.1) is 0 Å². The molecule has 0 aromatic carbocycles. The highest BCUT2D eigenvalue weighted by atomic mass is 16.5. The third-order valence-electron chi connectivity index (χ3n) is 2.21. The van der Waals surface area contributed by atoms with Crippen LogP contribution in [0.4, 0.5) is 0 Å². The molecule has 1 unspecified atom stereocenters. The van der Waals surface area contributed by atoms with E-state index in [0.717, 1.165) is 25.9 Å². The lowest BCUT2D eigenvalue weighted by Crippen LogP contribution is -2.09. The van der Waals surface area contributed by atoms with Gasteiger partial charge in [0.25, 0.3) is 0 Å². The second-order valence-electron chi connectivity index (χ2n) is 3.52. The molecule has 0 heterocycles. The first-order valence-corrected chi connectivity index (χ1v) is 5.57. The molecule has 1 atom stereocenters. The maximum atomic E-state index is 9.22. The number of hydrogen-bond acceptors (Lipinski definition) is 2. The van der Waals surface area contributed by atoms with E-state index in [9.17, 15) is 5.11 Å². The van der Waals surface area contributed by atoms with E-state index < -0.39 is 0 Å². The summed E-state index contributed by atoms with van der Waals surface area (Å²) in [5, 5.41) is 9.22. The lowest BCUT2D eigenvalue weighted by atomic mass is 10.2. The molecule has 0 aromatic heterocycles. The summed E-state index contributed by atoms with van der Waals surface area (Å²) in [4.78, 5) is 0. The molecule has 0 aromatic rings. The lowest BCUT2D eigenvalue weighted by Gasteiger charge is -2.07. The van der Waals surface area contributed by atoms with E-state index in [-0.39, 0.29) is 6.10 Å². The van der Waals surface area contributed by atoms with Crippen LogP contribution in [-0.4, -0.2) is 24.4 Å². The first-order valence-electron chi connectivity index (χ1n) is 5.57. The van der Waals surface area contributed by atoms with E-state index in [2.05, 4.69) is 6.92 Å². The van der Waals surface area contributed by atoms with Gasteiger partial charge in [-0.1, -0.05) is 33.1 Å². The molecule has 0 fully saturated rings. The van der Waals surface area contributed by atoms with Crippen molar-refractivity contribution in [1.29, 1.82) is 0 Å². The third-order valence-corrected chi connectivity index (χ3v) is 2.21. The molecule has 0 spiro atoms. The molecule has 0 aliphatic heterocycles. The zero-order valence-corrected chi connectivity index (χ0v) is 9.09. The molecule has 0 saturated carbocycles.